The molecule has 1 rings (SSSR count). The number of nitrogens with two attached hydrogens (primary N) is 2. The number of primary amides is 2. The van der Waals surface area contributed by atoms with E-state index in [4.69, 9.17) is 11.5 Å². The molecule has 0 unspecified atom stereocenters. The number of hydrogen-bond acceptors (Lipinski definition) is 3. The Morgan fingerprint density at radius 3 is 2.00 bits per heavy atom. The third-order valence-corrected chi connectivity index (χ3v) is 1.76. The van der Waals surface area contributed by atoms with Gasteiger partial charge in [-0.05, 0) is 12.8 Å². The Labute approximate surface area is 80.2 Å². The Hall–Kier alpha value is -1.79. The van der Waals surface area contributed by atoms with Crippen molar-refractivity contribution in [3.8, 4) is 0 Å². The summed E-state index contributed by atoms with van der Waals surface area (Å²) in [5, 5.41) is 4.62. The van der Waals surface area contributed by atoms with Crippen LogP contribution in [0.3, 0.4) is 0 Å². The first-order chi connectivity index (χ1) is 6.50. The van der Waals surface area contributed by atoms with Crippen LogP contribution in [0.1, 0.15) is 12.8 Å². The second kappa shape index (κ2) is 3.95. The molecule has 0 spiro atoms. The monoisotopic (exact) mass is 200 g/mol. The average Bonchev–Trinajstić information content (AvgIpc) is 2.82. The molecule has 1 aliphatic carbocycles. The summed E-state index contributed by atoms with van der Waals surface area (Å²) in [4.78, 5) is 32.4. The van der Waals surface area contributed by atoms with Crippen LogP contribution in [0.15, 0.2) is 0 Å². The second-order valence-corrected chi connectivity index (χ2v) is 3.13. The van der Waals surface area contributed by atoms with Crippen molar-refractivity contribution in [3.05, 3.63) is 0 Å². The summed E-state index contributed by atoms with van der Waals surface area (Å²) in [7, 11) is 0. The summed E-state index contributed by atoms with van der Waals surface area (Å²) in [6, 6.07) is -1.92. The number of carbonyl (C=O) groups is 3. The summed E-state index contributed by atoms with van der Waals surface area (Å²) in [5.74, 6) is -1.94. The van der Waals surface area contributed by atoms with Gasteiger partial charge in [-0.25, -0.2) is 4.79 Å². The van der Waals surface area contributed by atoms with Crippen molar-refractivity contribution < 1.29 is 14.4 Å². The van der Waals surface area contributed by atoms with Crippen molar-refractivity contribution in [2.75, 3.05) is 0 Å². The molecule has 6 N–H and O–H groups in total. The van der Waals surface area contributed by atoms with Gasteiger partial charge in [-0.2, -0.15) is 0 Å². The molecule has 0 aromatic carbocycles. The predicted octanol–water partition coefficient (Wildman–Crippen LogP) is -2.21. The SMILES string of the molecule is NC(=O)C(NC(=O)NC1CC1)C(N)=O. The summed E-state index contributed by atoms with van der Waals surface area (Å²) < 4.78 is 0. The van der Waals surface area contributed by atoms with Gasteiger partial charge in [0.1, 0.15) is 0 Å². The standard InChI is InChI=1S/C7H12N4O3/c8-5(12)4(6(9)13)11-7(14)10-3-1-2-3/h3-4H,1-2H2,(H2,8,12)(H2,9,13)(H2,10,11,14). The lowest BCUT2D eigenvalue weighted by atomic mass is 10.3. The van der Waals surface area contributed by atoms with Crippen LogP contribution < -0.4 is 22.1 Å². The molecule has 78 valence electrons. The fourth-order valence-corrected chi connectivity index (χ4v) is 0.868. The molecule has 7 heteroatoms. The summed E-state index contributed by atoms with van der Waals surface area (Å²) in [5.41, 5.74) is 9.70. The first-order valence-electron chi connectivity index (χ1n) is 4.16. The lowest BCUT2D eigenvalue weighted by Gasteiger charge is -2.12. The van der Waals surface area contributed by atoms with E-state index in [2.05, 4.69) is 10.6 Å². The van der Waals surface area contributed by atoms with Crippen LogP contribution >= 0.6 is 0 Å². The van der Waals surface area contributed by atoms with Crippen LogP contribution in [0.25, 0.3) is 0 Å². The van der Waals surface area contributed by atoms with Crippen LogP contribution in [-0.2, 0) is 9.59 Å². The Kier molecular flexibility index (Phi) is 2.90. The summed E-state index contributed by atoms with van der Waals surface area (Å²) in [6.07, 6.45) is 1.82. The third kappa shape index (κ3) is 2.92. The molecule has 0 aromatic rings. The highest BCUT2D eigenvalue weighted by Gasteiger charge is 2.27. The minimum atomic E-state index is -1.45. The maximum atomic E-state index is 11.1. The van der Waals surface area contributed by atoms with Gasteiger partial charge in [-0.15, -0.1) is 0 Å². The number of hydrogen-bond donors (Lipinski definition) is 4. The minimum Gasteiger partial charge on any atom is -0.367 e. The molecule has 0 saturated heterocycles. The van der Waals surface area contributed by atoms with Gasteiger partial charge in [0.2, 0.25) is 11.8 Å². The molecule has 1 fully saturated rings. The highest BCUT2D eigenvalue weighted by Crippen LogP contribution is 2.18. The molecule has 0 heterocycles. The first kappa shape index (κ1) is 10.3. The third-order valence-electron chi connectivity index (χ3n) is 1.76. The zero-order valence-corrected chi connectivity index (χ0v) is 7.45. The molecule has 0 radical (unpaired) electrons. The van der Waals surface area contributed by atoms with E-state index in [9.17, 15) is 14.4 Å². The van der Waals surface area contributed by atoms with Crippen LogP contribution in [-0.4, -0.2) is 29.9 Å². The number of nitrogens with one attached hydrogen (secondary N) is 2. The van der Waals surface area contributed by atoms with Gasteiger partial charge in [-0.3, -0.25) is 9.59 Å². The lowest BCUT2D eigenvalue weighted by Crippen LogP contribution is -2.55. The van der Waals surface area contributed by atoms with Crippen molar-refractivity contribution >= 4 is 17.8 Å². The largest absolute Gasteiger partial charge is 0.367 e. The molecule has 0 atom stereocenters. The Bertz CT molecular complexity index is 260. The second-order valence-electron chi connectivity index (χ2n) is 3.13. The van der Waals surface area contributed by atoms with E-state index in [-0.39, 0.29) is 6.04 Å². The maximum Gasteiger partial charge on any atom is 0.316 e. The van der Waals surface area contributed by atoms with E-state index in [1.807, 2.05) is 0 Å². The molecular formula is C7H12N4O3. The van der Waals surface area contributed by atoms with E-state index in [1.165, 1.54) is 0 Å². The van der Waals surface area contributed by atoms with E-state index in [1.54, 1.807) is 0 Å². The van der Waals surface area contributed by atoms with E-state index >= 15 is 0 Å². The number of carbonyl (C=O) groups excluding carboxylic acids is 3. The first-order valence-corrected chi connectivity index (χ1v) is 4.16. The minimum absolute atomic E-state index is 0.136. The topological polar surface area (TPSA) is 127 Å². The Morgan fingerprint density at radius 1 is 1.14 bits per heavy atom. The number of amides is 4. The lowest BCUT2D eigenvalue weighted by molar-refractivity contribution is -0.128. The van der Waals surface area contributed by atoms with Crippen molar-refractivity contribution in [3.63, 3.8) is 0 Å². The van der Waals surface area contributed by atoms with Crippen molar-refractivity contribution in [1.29, 1.82) is 0 Å². The molecule has 1 saturated carbocycles. The molecule has 0 aromatic heterocycles. The van der Waals surface area contributed by atoms with Gasteiger partial charge in [0.25, 0.3) is 0 Å². The highest BCUT2D eigenvalue weighted by atomic mass is 16.2. The van der Waals surface area contributed by atoms with E-state index < -0.39 is 23.9 Å². The van der Waals surface area contributed by atoms with Crippen molar-refractivity contribution in [2.45, 2.75) is 24.9 Å². The molecule has 0 bridgehead atoms. The summed E-state index contributed by atoms with van der Waals surface area (Å²) in [6.45, 7) is 0. The quantitative estimate of drug-likeness (QED) is 0.384. The summed E-state index contributed by atoms with van der Waals surface area (Å²) >= 11 is 0. The van der Waals surface area contributed by atoms with Crippen LogP contribution in [0, 0.1) is 0 Å². The number of urea groups is 1. The molecule has 4 amide bonds. The zero-order valence-electron chi connectivity index (χ0n) is 7.45. The fourth-order valence-electron chi connectivity index (χ4n) is 0.868. The van der Waals surface area contributed by atoms with Gasteiger partial charge in [0, 0.05) is 6.04 Å². The van der Waals surface area contributed by atoms with E-state index in [0.717, 1.165) is 12.8 Å². The van der Waals surface area contributed by atoms with Gasteiger partial charge >= 0.3 is 6.03 Å². The smallest absolute Gasteiger partial charge is 0.316 e. The van der Waals surface area contributed by atoms with Crippen LogP contribution in [0.4, 0.5) is 4.79 Å². The van der Waals surface area contributed by atoms with Crippen LogP contribution in [0.5, 0.6) is 0 Å². The van der Waals surface area contributed by atoms with Crippen molar-refractivity contribution in [2.24, 2.45) is 11.5 Å². The number of rotatable bonds is 4. The zero-order chi connectivity index (χ0) is 10.7. The van der Waals surface area contributed by atoms with Crippen LogP contribution in [0.2, 0.25) is 0 Å². The molecule has 1 aliphatic rings. The van der Waals surface area contributed by atoms with Gasteiger partial charge in [-0.1, -0.05) is 0 Å². The van der Waals surface area contributed by atoms with Crippen molar-refractivity contribution in [1.82, 2.24) is 10.6 Å². The van der Waals surface area contributed by atoms with Gasteiger partial charge < -0.3 is 22.1 Å². The molecule has 0 aliphatic heterocycles. The maximum absolute atomic E-state index is 11.1. The Balaban J connectivity index is 2.41. The normalized spacial score (nSPS) is 14.9. The molecule has 7 nitrogen and oxygen atoms in total. The highest BCUT2D eigenvalue weighted by molar-refractivity contribution is 6.05. The molecular weight excluding hydrogens is 188 g/mol. The molecule has 14 heavy (non-hydrogen) atoms. The van der Waals surface area contributed by atoms with Gasteiger partial charge in [0.15, 0.2) is 6.04 Å². The van der Waals surface area contributed by atoms with Gasteiger partial charge in [0.05, 0.1) is 0 Å². The van der Waals surface area contributed by atoms with E-state index in [0.29, 0.717) is 0 Å². The average molecular weight is 200 g/mol. The Morgan fingerprint density at radius 2 is 1.64 bits per heavy atom. The fraction of sp³-hybridized carbons (Fsp3) is 0.571. The predicted molar refractivity (Wildman–Crippen MR) is 46.9 cm³/mol.